The molecular formula is C24H27N3O3. The fourth-order valence-corrected chi connectivity index (χ4v) is 5.53. The molecule has 1 N–H and O–H groups in total. The van der Waals surface area contributed by atoms with Crippen LogP contribution in [0.2, 0.25) is 0 Å². The second kappa shape index (κ2) is 7.84. The largest absolute Gasteiger partial charge is 0.394 e. The second-order valence-corrected chi connectivity index (χ2v) is 8.71. The number of rotatable bonds is 4. The van der Waals surface area contributed by atoms with Gasteiger partial charge >= 0.3 is 0 Å². The highest BCUT2D eigenvalue weighted by molar-refractivity contribution is 5.88. The molecule has 0 radical (unpaired) electrons. The minimum absolute atomic E-state index is 0.0418. The van der Waals surface area contributed by atoms with E-state index in [-0.39, 0.29) is 48.9 Å². The van der Waals surface area contributed by atoms with Crippen LogP contribution in [-0.4, -0.2) is 63.5 Å². The maximum atomic E-state index is 12.9. The molecule has 5 rings (SSSR count). The third-order valence-electron chi connectivity index (χ3n) is 7.06. The van der Waals surface area contributed by atoms with Crippen LogP contribution in [0.3, 0.4) is 0 Å². The number of fused-ring (bicyclic) bond motifs is 1. The molecule has 1 aliphatic carbocycles. The standard InChI is InChI=1S/C24H27N3O3/c28-15-21-23(17-9-7-16(8-10-17)19-6-3-11-25-12-19)20-13-26(14-22(29)27(20)21)24(30)18-4-1-2-5-18/h3,6-12,18,20-21,23,28H,1-2,4-5,13-15H2/t20-,21+,23-/m1/s1. The number of carbonyl (C=O) groups is 2. The minimum Gasteiger partial charge on any atom is -0.394 e. The first-order valence-electron chi connectivity index (χ1n) is 10.9. The lowest BCUT2D eigenvalue weighted by Crippen LogP contribution is -2.73. The van der Waals surface area contributed by atoms with Gasteiger partial charge in [0.1, 0.15) is 0 Å². The maximum absolute atomic E-state index is 12.9. The number of aromatic nitrogens is 1. The third kappa shape index (κ3) is 3.19. The molecule has 1 saturated carbocycles. The van der Waals surface area contributed by atoms with Crippen LogP contribution in [0.25, 0.3) is 11.1 Å². The molecule has 1 aromatic heterocycles. The summed E-state index contributed by atoms with van der Waals surface area (Å²) in [7, 11) is 0. The first kappa shape index (κ1) is 19.2. The van der Waals surface area contributed by atoms with Gasteiger partial charge in [0.15, 0.2) is 0 Å². The average Bonchev–Trinajstić information content (AvgIpc) is 3.30. The molecule has 0 unspecified atom stereocenters. The predicted octanol–water partition coefficient (Wildman–Crippen LogP) is 2.44. The Bertz CT molecular complexity index is 924. The van der Waals surface area contributed by atoms with Gasteiger partial charge in [-0.15, -0.1) is 0 Å². The number of piperazine rings is 1. The number of aliphatic hydroxyl groups excluding tert-OH is 1. The van der Waals surface area contributed by atoms with Crippen molar-refractivity contribution in [1.29, 1.82) is 0 Å². The first-order chi connectivity index (χ1) is 14.7. The van der Waals surface area contributed by atoms with Crippen molar-refractivity contribution in [2.75, 3.05) is 19.7 Å². The van der Waals surface area contributed by atoms with Crippen molar-refractivity contribution in [1.82, 2.24) is 14.8 Å². The lowest BCUT2D eigenvalue weighted by Gasteiger charge is -2.59. The van der Waals surface area contributed by atoms with Gasteiger partial charge in [-0.1, -0.05) is 43.2 Å². The van der Waals surface area contributed by atoms with Crippen LogP contribution in [0, 0.1) is 5.92 Å². The van der Waals surface area contributed by atoms with E-state index in [1.807, 2.05) is 18.3 Å². The normalized spacial score (nSPS) is 26.4. The van der Waals surface area contributed by atoms with Gasteiger partial charge in [0.25, 0.3) is 0 Å². The van der Waals surface area contributed by atoms with Gasteiger partial charge in [-0.3, -0.25) is 14.6 Å². The van der Waals surface area contributed by atoms with Crippen LogP contribution < -0.4 is 0 Å². The molecule has 3 heterocycles. The molecule has 2 aliphatic heterocycles. The molecule has 3 aliphatic rings. The van der Waals surface area contributed by atoms with Crippen LogP contribution in [0.5, 0.6) is 0 Å². The maximum Gasteiger partial charge on any atom is 0.242 e. The van der Waals surface area contributed by atoms with Crippen LogP contribution in [0.1, 0.15) is 37.2 Å². The summed E-state index contributed by atoms with van der Waals surface area (Å²) in [5.74, 6) is 0.217. The van der Waals surface area contributed by atoms with Gasteiger partial charge in [-0.25, -0.2) is 0 Å². The molecule has 0 spiro atoms. The number of aliphatic hydroxyl groups is 1. The summed E-state index contributed by atoms with van der Waals surface area (Å²) in [5, 5.41) is 9.97. The summed E-state index contributed by atoms with van der Waals surface area (Å²) in [6.45, 7) is 0.648. The zero-order chi connectivity index (χ0) is 20.7. The Balaban J connectivity index is 1.37. The van der Waals surface area contributed by atoms with E-state index in [2.05, 4.69) is 29.2 Å². The Morgan fingerprint density at radius 1 is 1.10 bits per heavy atom. The Kier molecular flexibility index (Phi) is 5.03. The van der Waals surface area contributed by atoms with E-state index in [0.717, 1.165) is 42.4 Å². The molecule has 1 aromatic carbocycles. The smallest absolute Gasteiger partial charge is 0.242 e. The van der Waals surface area contributed by atoms with E-state index < -0.39 is 0 Å². The van der Waals surface area contributed by atoms with Gasteiger partial charge in [0.05, 0.1) is 25.2 Å². The van der Waals surface area contributed by atoms with Crippen LogP contribution in [-0.2, 0) is 9.59 Å². The summed E-state index contributed by atoms with van der Waals surface area (Å²) >= 11 is 0. The minimum atomic E-state index is -0.213. The first-order valence-corrected chi connectivity index (χ1v) is 10.9. The van der Waals surface area contributed by atoms with E-state index in [1.54, 1.807) is 16.0 Å². The van der Waals surface area contributed by atoms with Crippen molar-refractivity contribution in [3.63, 3.8) is 0 Å². The van der Waals surface area contributed by atoms with Crippen molar-refractivity contribution >= 4 is 11.8 Å². The lowest BCUT2D eigenvalue weighted by molar-refractivity contribution is -0.168. The monoisotopic (exact) mass is 405 g/mol. The Morgan fingerprint density at radius 2 is 1.87 bits per heavy atom. The lowest BCUT2D eigenvalue weighted by atomic mass is 9.73. The van der Waals surface area contributed by atoms with Crippen molar-refractivity contribution in [3.8, 4) is 11.1 Å². The zero-order valence-electron chi connectivity index (χ0n) is 17.0. The van der Waals surface area contributed by atoms with Gasteiger partial charge in [-0.05, 0) is 35.6 Å². The van der Waals surface area contributed by atoms with Gasteiger partial charge in [-0.2, -0.15) is 0 Å². The summed E-state index contributed by atoms with van der Waals surface area (Å²) < 4.78 is 0. The van der Waals surface area contributed by atoms with E-state index in [9.17, 15) is 14.7 Å². The SMILES string of the molecule is O=C(C1CCCC1)N1CC(=O)N2[C@H](C1)[C@@H](c1ccc(-c3cccnc3)cc1)[C@@H]2CO. The molecule has 3 atom stereocenters. The summed E-state index contributed by atoms with van der Waals surface area (Å²) in [4.78, 5) is 33.5. The zero-order valence-corrected chi connectivity index (χ0v) is 17.0. The Labute approximate surface area is 176 Å². The van der Waals surface area contributed by atoms with Gasteiger partial charge < -0.3 is 14.9 Å². The molecule has 30 heavy (non-hydrogen) atoms. The van der Waals surface area contributed by atoms with E-state index in [0.29, 0.717) is 6.54 Å². The molecular weight excluding hydrogens is 378 g/mol. The molecule has 0 bridgehead atoms. The van der Waals surface area contributed by atoms with E-state index in [1.165, 1.54) is 0 Å². The molecule has 2 saturated heterocycles. The molecule has 6 heteroatoms. The van der Waals surface area contributed by atoms with Crippen LogP contribution >= 0.6 is 0 Å². The van der Waals surface area contributed by atoms with Gasteiger partial charge in [0.2, 0.25) is 11.8 Å². The highest BCUT2D eigenvalue weighted by atomic mass is 16.3. The molecule has 3 fully saturated rings. The fraction of sp³-hybridized carbons (Fsp3) is 0.458. The number of carbonyl (C=O) groups excluding carboxylic acids is 2. The number of amides is 2. The second-order valence-electron chi connectivity index (χ2n) is 8.71. The molecule has 156 valence electrons. The summed E-state index contributed by atoms with van der Waals surface area (Å²) in [5.41, 5.74) is 3.24. The number of hydrogen-bond donors (Lipinski definition) is 1. The number of nitrogens with zero attached hydrogens (tertiary/aromatic N) is 3. The predicted molar refractivity (Wildman–Crippen MR) is 112 cm³/mol. The van der Waals surface area contributed by atoms with E-state index >= 15 is 0 Å². The Morgan fingerprint density at radius 3 is 2.53 bits per heavy atom. The summed E-state index contributed by atoms with van der Waals surface area (Å²) in [6.07, 6.45) is 7.68. The molecule has 2 amide bonds. The molecule has 6 nitrogen and oxygen atoms in total. The number of pyridine rings is 1. The average molecular weight is 405 g/mol. The number of benzene rings is 1. The third-order valence-corrected chi connectivity index (χ3v) is 7.06. The van der Waals surface area contributed by atoms with Crippen molar-refractivity contribution < 1.29 is 14.7 Å². The molecule has 2 aromatic rings. The highest BCUT2D eigenvalue weighted by Crippen LogP contribution is 2.43. The number of hydrogen-bond acceptors (Lipinski definition) is 4. The van der Waals surface area contributed by atoms with Crippen molar-refractivity contribution in [2.24, 2.45) is 5.92 Å². The van der Waals surface area contributed by atoms with Crippen molar-refractivity contribution in [3.05, 3.63) is 54.4 Å². The van der Waals surface area contributed by atoms with Crippen LogP contribution in [0.4, 0.5) is 0 Å². The highest BCUT2D eigenvalue weighted by Gasteiger charge is 2.54. The van der Waals surface area contributed by atoms with E-state index in [4.69, 9.17) is 0 Å². The topological polar surface area (TPSA) is 73.7 Å². The van der Waals surface area contributed by atoms with Crippen molar-refractivity contribution in [2.45, 2.75) is 43.7 Å². The van der Waals surface area contributed by atoms with Crippen LogP contribution in [0.15, 0.2) is 48.8 Å². The summed E-state index contributed by atoms with van der Waals surface area (Å²) in [6, 6.07) is 12.0. The quantitative estimate of drug-likeness (QED) is 0.848. The van der Waals surface area contributed by atoms with Gasteiger partial charge in [0, 0.05) is 30.8 Å². The fourth-order valence-electron chi connectivity index (χ4n) is 5.53. The Hall–Kier alpha value is -2.73.